The Bertz CT molecular complexity index is 1250. The van der Waals surface area contributed by atoms with Gasteiger partial charge >= 0.3 is 10.3 Å². The molecule has 1 aliphatic rings. The summed E-state index contributed by atoms with van der Waals surface area (Å²) < 4.78 is 28.4. The van der Waals surface area contributed by atoms with Gasteiger partial charge in [0.25, 0.3) is 0 Å². The van der Waals surface area contributed by atoms with E-state index in [1.165, 1.54) is 12.5 Å². The molecule has 2 unspecified atom stereocenters. The van der Waals surface area contributed by atoms with Crippen molar-refractivity contribution in [1.82, 2.24) is 19.7 Å². The average Bonchev–Trinajstić information content (AvgIpc) is 3.43. The lowest BCUT2D eigenvalue weighted by Crippen LogP contribution is -2.22. The van der Waals surface area contributed by atoms with Gasteiger partial charge in [-0.1, -0.05) is 29.8 Å². The number of nitrogens with two attached hydrogens (primary N) is 1. The maximum atomic E-state index is 13.1. The highest BCUT2D eigenvalue weighted by Gasteiger charge is 2.28. The van der Waals surface area contributed by atoms with Gasteiger partial charge in [0.05, 0.1) is 18.7 Å². The summed E-state index contributed by atoms with van der Waals surface area (Å²) in [4.78, 5) is 21.4. The third kappa shape index (κ3) is 6.14. The number of carbonyl (C=O) groups excluding carboxylic acids is 1. The van der Waals surface area contributed by atoms with Crippen LogP contribution in [0.25, 0.3) is 0 Å². The fourth-order valence-electron chi connectivity index (χ4n) is 3.86. The Morgan fingerprint density at radius 2 is 2.09 bits per heavy atom. The minimum atomic E-state index is -3.96. The molecule has 12 heteroatoms. The quantitative estimate of drug-likeness (QED) is 0.435. The average molecular weight is 491 g/mol. The van der Waals surface area contributed by atoms with Crippen LogP contribution in [0.3, 0.4) is 0 Å². The zero-order valence-corrected chi connectivity index (χ0v) is 19.2. The number of benzene rings is 1. The summed E-state index contributed by atoms with van der Waals surface area (Å²) in [6.45, 7) is 0.475. The van der Waals surface area contributed by atoms with Gasteiger partial charge in [-0.15, -0.1) is 0 Å². The Kier molecular flexibility index (Phi) is 7.03. The molecule has 1 aliphatic carbocycles. The van der Waals surface area contributed by atoms with E-state index in [9.17, 15) is 13.2 Å². The van der Waals surface area contributed by atoms with Crippen molar-refractivity contribution in [2.75, 3.05) is 11.9 Å². The van der Waals surface area contributed by atoms with Crippen LogP contribution in [-0.4, -0.2) is 46.6 Å². The van der Waals surface area contributed by atoms with Gasteiger partial charge < -0.3 is 5.32 Å². The van der Waals surface area contributed by atoms with Crippen LogP contribution in [0.5, 0.6) is 0 Å². The predicted molar refractivity (Wildman–Crippen MR) is 122 cm³/mol. The van der Waals surface area contributed by atoms with Crippen LogP contribution in [0.4, 0.5) is 5.82 Å². The summed E-state index contributed by atoms with van der Waals surface area (Å²) in [7, 11) is -3.96. The zero-order valence-electron chi connectivity index (χ0n) is 17.6. The molecule has 1 fully saturated rings. The number of rotatable bonds is 9. The fraction of sp³-hybridized carbons (Fsp3) is 0.333. The molecule has 1 aromatic carbocycles. The van der Waals surface area contributed by atoms with Gasteiger partial charge in [0.1, 0.15) is 17.8 Å². The molecule has 1 saturated carbocycles. The van der Waals surface area contributed by atoms with E-state index in [4.69, 9.17) is 20.9 Å². The van der Waals surface area contributed by atoms with Gasteiger partial charge in [-0.05, 0) is 42.9 Å². The summed E-state index contributed by atoms with van der Waals surface area (Å²) in [6.07, 6.45) is 6.77. The van der Waals surface area contributed by atoms with Gasteiger partial charge in [0.2, 0.25) is 5.78 Å². The number of carbonyl (C=O) groups is 1. The van der Waals surface area contributed by atoms with Crippen LogP contribution < -0.4 is 10.5 Å². The van der Waals surface area contributed by atoms with Crippen LogP contribution in [-0.2, 0) is 21.0 Å². The van der Waals surface area contributed by atoms with Gasteiger partial charge in [0.15, 0.2) is 0 Å². The first-order valence-corrected chi connectivity index (χ1v) is 12.2. The number of hydrogen-bond donors (Lipinski definition) is 2. The molecule has 0 amide bonds. The van der Waals surface area contributed by atoms with Crippen molar-refractivity contribution in [3.05, 3.63) is 70.9 Å². The monoisotopic (exact) mass is 490 g/mol. The number of aromatic nitrogens is 4. The van der Waals surface area contributed by atoms with Crippen molar-refractivity contribution in [2.24, 2.45) is 11.1 Å². The Hall–Kier alpha value is -2.86. The molecule has 33 heavy (non-hydrogen) atoms. The number of anilines is 1. The molecule has 174 valence electrons. The third-order valence-corrected chi connectivity index (χ3v) is 6.30. The van der Waals surface area contributed by atoms with Crippen molar-refractivity contribution in [2.45, 2.75) is 31.8 Å². The Balaban J connectivity index is 1.43. The summed E-state index contributed by atoms with van der Waals surface area (Å²) in [5.41, 5.74) is 1.48. The van der Waals surface area contributed by atoms with Gasteiger partial charge in [-0.2, -0.15) is 13.5 Å². The molecule has 0 spiro atoms. The number of nitrogens with one attached hydrogen (secondary N) is 1. The van der Waals surface area contributed by atoms with Crippen molar-refractivity contribution < 1.29 is 17.4 Å². The first kappa shape index (κ1) is 23.3. The molecule has 4 rings (SSSR count). The molecular weight excluding hydrogens is 468 g/mol. The second-order valence-corrected chi connectivity index (χ2v) is 9.53. The normalized spacial score (nSPS) is 18.4. The second-order valence-electron chi connectivity index (χ2n) is 7.90. The number of ketones is 1. The number of hydrogen-bond acceptors (Lipinski definition) is 8. The van der Waals surface area contributed by atoms with E-state index in [1.807, 2.05) is 18.2 Å². The van der Waals surface area contributed by atoms with Crippen LogP contribution in [0.1, 0.15) is 40.9 Å². The van der Waals surface area contributed by atoms with E-state index >= 15 is 0 Å². The molecule has 3 aromatic rings. The smallest absolute Gasteiger partial charge is 0.333 e. The lowest BCUT2D eigenvalue weighted by atomic mass is 10.1. The highest BCUT2D eigenvalue weighted by molar-refractivity contribution is 7.84. The van der Waals surface area contributed by atoms with Crippen molar-refractivity contribution in [3.8, 4) is 0 Å². The van der Waals surface area contributed by atoms with Crippen molar-refractivity contribution >= 4 is 33.5 Å². The van der Waals surface area contributed by atoms with Crippen LogP contribution in [0.15, 0.2) is 49.1 Å². The van der Waals surface area contributed by atoms with E-state index in [1.54, 1.807) is 23.0 Å². The largest absolute Gasteiger partial charge is 0.367 e. The summed E-state index contributed by atoms with van der Waals surface area (Å²) in [5.74, 6) is 0.152. The molecule has 2 heterocycles. The predicted octanol–water partition coefficient (Wildman–Crippen LogP) is 2.41. The fourth-order valence-corrected chi connectivity index (χ4v) is 4.44. The van der Waals surface area contributed by atoms with Gasteiger partial charge in [0, 0.05) is 23.5 Å². The zero-order chi connectivity index (χ0) is 23.4. The molecule has 2 aromatic heterocycles. The second kappa shape index (κ2) is 9.96. The molecule has 0 radical (unpaired) electrons. The van der Waals surface area contributed by atoms with Gasteiger partial charge in [-0.3, -0.25) is 13.7 Å². The van der Waals surface area contributed by atoms with E-state index < -0.39 is 10.3 Å². The maximum Gasteiger partial charge on any atom is 0.333 e. The van der Waals surface area contributed by atoms with E-state index in [0.717, 1.165) is 18.4 Å². The van der Waals surface area contributed by atoms with Crippen LogP contribution in [0, 0.1) is 5.92 Å². The van der Waals surface area contributed by atoms with Crippen molar-refractivity contribution in [1.29, 1.82) is 0 Å². The minimum Gasteiger partial charge on any atom is -0.367 e. The lowest BCUT2D eigenvalue weighted by Gasteiger charge is -2.15. The maximum absolute atomic E-state index is 13.1. The van der Waals surface area contributed by atoms with E-state index in [2.05, 4.69) is 20.4 Å². The first-order chi connectivity index (χ1) is 15.8. The number of nitrogens with zero attached hydrogens (tertiary/aromatic N) is 4. The molecule has 0 bridgehead atoms. The van der Waals surface area contributed by atoms with E-state index in [-0.39, 0.29) is 30.0 Å². The molecule has 0 aliphatic heterocycles. The summed E-state index contributed by atoms with van der Waals surface area (Å²) in [6, 6.07) is 9.12. The molecule has 3 N–H and O–H groups in total. The van der Waals surface area contributed by atoms with E-state index in [0.29, 0.717) is 29.4 Å². The molecule has 10 nitrogen and oxygen atoms in total. The highest BCUT2D eigenvalue weighted by Crippen LogP contribution is 2.29. The highest BCUT2D eigenvalue weighted by atomic mass is 35.5. The summed E-state index contributed by atoms with van der Waals surface area (Å²) >= 11 is 6.22. The SMILES string of the molecule is NS(=O)(=O)OCC1CCC(Nc2ncncc2C(=O)c2ccn(Cc3ccccc3Cl)n2)C1. The number of halogens is 1. The molecular formula is C21H23ClN6O4S. The topological polar surface area (TPSA) is 142 Å². The third-order valence-electron chi connectivity index (χ3n) is 5.47. The Labute approximate surface area is 196 Å². The van der Waals surface area contributed by atoms with Crippen LogP contribution >= 0.6 is 11.6 Å². The minimum absolute atomic E-state index is 0.0123. The molecule has 2 atom stereocenters. The van der Waals surface area contributed by atoms with Crippen LogP contribution in [0.2, 0.25) is 5.02 Å². The Morgan fingerprint density at radius 3 is 2.88 bits per heavy atom. The molecule has 0 saturated heterocycles. The Morgan fingerprint density at radius 1 is 1.27 bits per heavy atom. The lowest BCUT2D eigenvalue weighted by molar-refractivity contribution is 0.103. The van der Waals surface area contributed by atoms with Crippen molar-refractivity contribution in [3.63, 3.8) is 0 Å². The standard InChI is InChI=1S/C21H23ClN6O4S/c22-18-4-2-1-3-15(18)11-28-8-7-19(27-28)20(29)17-10-24-13-25-21(17)26-16-6-5-14(9-16)12-32-33(23,30)31/h1-4,7-8,10,13-14,16H,5-6,9,11-12H2,(H2,23,30,31)(H,24,25,26). The first-order valence-electron chi connectivity index (χ1n) is 10.3. The summed E-state index contributed by atoms with van der Waals surface area (Å²) in [5, 5.41) is 13.2. The van der Waals surface area contributed by atoms with Gasteiger partial charge in [-0.25, -0.2) is 15.1 Å².